The van der Waals surface area contributed by atoms with E-state index in [-0.39, 0.29) is 11.9 Å². The van der Waals surface area contributed by atoms with Gasteiger partial charge in [-0.3, -0.25) is 9.59 Å². The fourth-order valence-electron chi connectivity index (χ4n) is 2.44. The standard InChI is InChI=1S/C21H32O4/c1-17(2)16-24-20(22)13-8-6-4-5-7-9-14-21(23)25-19-12-10-11-18(3)15-19/h10-12,15,17H,4-9,13-14,16H2,1-3H3. The second-order valence-electron chi connectivity index (χ2n) is 6.99. The summed E-state index contributed by atoms with van der Waals surface area (Å²) in [5.41, 5.74) is 1.08. The van der Waals surface area contributed by atoms with E-state index in [1.54, 1.807) is 6.07 Å². The van der Waals surface area contributed by atoms with E-state index in [1.807, 2.05) is 39.0 Å². The molecule has 140 valence electrons. The summed E-state index contributed by atoms with van der Waals surface area (Å²) in [4.78, 5) is 23.2. The van der Waals surface area contributed by atoms with E-state index >= 15 is 0 Å². The Morgan fingerprint density at radius 1 is 0.920 bits per heavy atom. The molecule has 0 radical (unpaired) electrons. The smallest absolute Gasteiger partial charge is 0.311 e. The number of esters is 2. The van der Waals surface area contributed by atoms with E-state index in [0.717, 1.165) is 44.1 Å². The van der Waals surface area contributed by atoms with Gasteiger partial charge in [0.2, 0.25) is 0 Å². The van der Waals surface area contributed by atoms with Gasteiger partial charge in [0.25, 0.3) is 0 Å². The number of aryl methyl sites for hydroxylation is 1. The Labute approximate surface area is 151 Å². The third-order valence-electron chi connectivity index (χ3n) is 3.81. The number of hydrogen-bond donors (Lipinski definition) is 0. The zero-order valence-electron chi connectivity index (χ0n) is 15.9. The van der Waals surface area contributed by atoms with Crippen LogP contribution in [0.15, 0.2) is 24.3 Å². The molecular weight excluding hydrogens is 316 g/mol. The predicted molar refractivity (Wildman–Crippen MR) is 99.5 cm³/mol. The van der Waals surface area contributed by atoms with Gasteiger partial charge >= 0.3 is 11.9 Å². The molecule has 0 bridgehead atoms. The van der Waals surface area contributed by atoms with Crippen molar-refractivity contribution in [3.63, 3.8) is 0 Å². The molecule has 0 N–H and O–H groups in total. The van der Waals surface area contributed by atoms with Crippen LogP contribution in [0.5, 0.6) is 5.75 Å². The van der Waals surface area contributed by atoms with Crippen molar-refractivity contribution >= 4 is 11.9 Å². The van der Waals surface area contributed by atoms with Crippen molar-refractivity contribution in [3.8, 4) is 5.75 Å². The lowest BCUT2D eigenvalue weighted by Gasteiger charge is -2.07. The van der Waals surface area contributed by atoms with Gasteiger partial charge in [0.05, 0.1) is 6.61 Å². The Kier molecular flexibility index (Phi) is 10.6. The molecule has 25 heavy (non-hydrogen) atoms. The van der Waals surface area contributed by atoms with Gasteiger partial charge in [-0.1, -0.05) is 51.7 Å². The van der Waals surface area contributed by atoms with E-state index in [2.05, 4.69) is 0 Å². The molecule has 0 aliphatic rings. The molecular formula is C21H32O4. The third kappa shape index (κ3) is 11.4. The van der Waals surface area contributed by atoms with Gasteiger partial charge in [0.1, 0.15) is 5.75 Å². The van der Waals surface area contributed by atoms with Crippen molar-refractivity contribution in [2.45, 2.75) is 72.1 Å². The Bertz CT molecular complexity index is 522. The first-order chi connectivity index (χ1) is 12.0. The molecule has 4 nitrogen and oxygen atoms in total. The summed E-state index contributed by atoms with van der Waals surface area (Å²) in [5, 5.41) is 0. The molecule has 0 spiro atoms. The average molecular weight is 348 g/mol. The van der Waals surface area contributed by atoms with Crippen LogP contribution in [0, 0.1) is 12.8 Å². The molecule has 0 heterocycles. The van der Waals surface area contributed by atoms with E-state index in [0.29, 0.717) is 31.1 Å². The Morgan fingerprint density at radius 3 is 2.12 bits per heavy atom. The molecule has 0 saturated carbocycles. The molecule has 0 aliphatic carbocycles. The highest BCUT2D eigenvalue weighted by atomic mass is 16.5. The van der Waals surface area contributed by atoms with E-state index < -0.39 is 0 Å². The summed E-state index contributed by atoms with van der Waals surface area (Å²) in [5.74, 6) is 0.752. The Balaban J connectivity index is 1.96. The number of rotatable bonds is 12. The van der Waals surface area contributed by atoms with Crippen LogP contribution in [0.1, 0.15) is 70.8 Å². The van der Waals surface area contributed by atoms with Crippen molar-refractivity contribution in [1.29, 1.82) is 0 Å². The fraction of sp³-hybridized carbons (Fsp3) is 0.619. The molecule has 1 aromatic carbocycles. The maximum Gasteiger partial charge on any atom is 0.311 e. The summed E-state index contributed by atoms with van der Waals surface area (Å²) in [6.07, 6.45) is 6.91. The number of carbonyl (C=O) groups excluding carboxylic acids is 2. The molecule has 0 amide bonds. The van der Waals surface area contributed by atoms with E-state index in [1.165, 1.54) is 0 Å². The highest BCUT2D eigenvalue weighted by Crippen LogP contribution is 2.14. The molecule has 0 aliphatic heterocycles. The van der Waals surface area contributed by atoms with Gasteiger partial charge in [-0.05, 0) is 43.4 Å². The first kappa shape index (κ1) is 21.2. The molecule has 1 aromatic rings. The molecule has 0 unspecified atom stereocenters. The summed E-state index contributed by atoms with van der Waals surface area (Å²) in [7, 11) is 0. The maximum absolute atomic E-state index is 11.8. The third-order valence-corrected chi connectivity index (χ3v) is 3.81. The van der Waals surface area contributed by atoms with Crippen LogP contribution >= 0.6 is 0 Å². The zero-order valence-corrected chi connectivity index (χ0v) is 15.9. The largest absolute Gasteiger partial charge is 0.465 e. The van der Waals surface area contributed by atoms with Crippen molar-refractivity contribution in [3.05, 3.63) is 29.8 Å². The summed E-state index contributed by atoms with van der Waals surface area (Å²) in [6.45, 7) is 6.55. The number of ether oxygens (including phenoxy) is 2. The van der Waals surface area contributed by atoms with Gasteiger partial charge in [0, 0.05) is 12.8 Å². The normalized spacial score (nSPS) is 10.7. The first-order valence-electron chi connectivity index (χ1n) is 9.40. The minimum absolute atomic E-state index is 0.0902. The summed E-state index contributed by atoms with van der Waals surface area (Å²) in [6, 6.07) is 7.53. The average Bonchev–Trinajstić information content (AvgIpc) is 2.55. The van der Waals surface area contributed by atoms with Crippen molar-refractivity contribution < 1.29 is 19.1 Å². The molecule has 0 saturated heterocycles. The number of unbranched alkanes of at least 4 members (excludes halogenated alkanes) is 5. The quantitative estimate of drug-likeness (QED) is 0.295. The van der Waals surface area contributed by atoms with Crippen LogP contribution in [-0.2, 0) is 14.3 Å². The molecule has 0 fully saturated rings. The van der Waals surface area contributed by atoms with Gasteiger partial charge < -0.3 is 9.47 Å². The molecule has 0 aromatic heterocycles. The number of carbonyl (C=O) groups is 2. The summed E-state index contributed by atoms with van der Waals surface area (Å²) >= 11 is 0. The van der Waals surface area contributed by atoms with Crippen molar-refractivity contribution in [1.82, 2.24) is 0 Å². The van der Waals surface area contributed by atoms with Crippen LogP contribution in [0.2, 0.25) is 0 Å². The van der Waals surface area contributed by atoms with Gasteiger partial charge in [-0.15, -0.1) is 0 Å². The van der Waals surface area contributed by atoms with Crippen LogP contribution in [0.4, 0.5) is 0 Å². The number of benzene rings is 1. The minimum atomic E-state index is -0.168. The Hall–Kier alpha value is -1.84. The van der Waals surface area contributed by atoms with Crippen LogP contribution in [0.25, 0.3) is 0 Å². The second kappa shape index (κ2) is 12.5. The predicted octanol–water partition coefficient (Wildman–Crippen LogP) is 5.22. The Morgan fingerprint density at radius 2 is 1.52 bits per heavy atom. The van der Waals surface area contributed by atoms with Gasteiger partial charge in [-0.25, -0.2) is 0 Å². The van der Waals surface area contributed by atoms with Crippen LogP contribution < -0.4 is 4.74 Å². The minimum Gasteiger partial charge on any atom is -0.465 e. The second-order valence-corrected chi connectivity index (χ2v) is 6.99. The maximum atomic E-state index is 11.8. The molecule has 1 rings (SSSR count). The zero-order chi connectivity index (χ0) is 18.5. The van der Waals surface area contributed by atoms with Crippen molar-refractivity contribution in [2.24, 2.45) is 5.92 Å². The lowest BCUT2D eigenvalue weighted by molar-refractivity contribution is -0.144. The highest BCUT2D eigenvalue weighted by Gasteiger charge is 2.06. The highest BCUT2D eigenvalue weighted by molar-refractivity contribution is 5.72. The van der Waals surface area contributed by atoms with E-state index in [9.17, 15) is 9.59 Å². The SMILES string of the molecule is Cc1cccc(OC(=O)CCCCCCCCC(=O)OCC(C)C)c1. The van der Waals surface area contributed by atoms with Gasteiger partial charge in [-0.2, -0.15) is 0 Å². The van der Waals surface area contributed by atoms with Crippen LogP contribution in [-0.4, -0.2) is 18.5 Å². The first-order valence-corrected chi connectivity index (χ1v) is 9.40. The lowest BCUT2D eigenvalue weighted by Crippen LogP contribution is -2.09. The number of hydrogen-bond acceptors (Lipinski definition) is 4. The van der Waals surface area contributed by atoms with Gasteiger partial charge in [0.15, 0.2) is 0 Å². The molecule has 4 heteroatoms. The van der Waals surface area contributed by atoms with Crippen LogP contribution in [0.3, 0.4) is 0 Å². The summed E-state index contributed by atoms with van der Waals surface area (Å²) < 4.78 is 10.5. The van der Waals surface area contributed by atoms with E-state index in [4.69, 9.17) is 9.47 Å². The lowest BCUT2D eigenvalue weighted by atomic mass is 10.1. The topological polar surface area (TPSA) is 52.6 Å². The monoisotopic (exact) mass is 348 g/mol. The molecule has 0 atom stereocenters. The van der Waals surface area contributed by atoms with Crippen molar-refractivity contribution in [2.75, 3.05) is 6.61 Å². The fourth-order valence-corrected chi connectivity index (χ4v) is 2.44.